The van der Waals surface area contributed by atoms with E-state index in [0.717, 1.165) is 17.0 Å². The lowest BCUT2D eigenvalue weighted by Crippen LogP contribution is -2.34. The number of thioether (sulfide) groups is 2. The number of alkyl carbamates (subject to hydrolysis) is 1. The van der Waals surface area contributed by atoms with Crippen LogP contribution in [0.2, 0.25) is 0 Å². The standard InChI is InChI=1S/C11H18N2O2S2/c14-10-12-5-7(15-10)6-16-11-13-8-3-1-2-4-9(8)17-11/h7-9,11,13H,1-6H2,(H,12,14). The van der Waals surface area contributed by atoms with Crippen LogP contribution >= 0.6 is 23.5 Å². The Morgan fingerprint density at radius 2 is 2.29 bits per heavy atom. The fourth-order valence-electron chi connectivity index (χ4n) is 2.63. The van der Waals surface area contributed by atoms with Crippen LogP contribution in [0.25, 0.3) is 0 Å². The van der Waals surface area contributed by atoms with E-state index in [1.807, 2.05) is 11.8 Å². The van der Waals surface area contributed by atoms with E-state index in [1.54, 1.807) is 0 Å². The summed E-state index contributed by atoms with van der Waals surface area (Å²) in [6.45, 7) is 0.663. The minimum Gasteiger partial charge on any atom is -0.443 e. The molecule has 0 bridgehead atoms. The molecule has 6 heteroatoms. The average molecular weight is 274 g/mol. The molecule has 4 nitrogen and oxygen atoms in total. The zero-order valence-electron chi connectivity index (χ0n) is 9.69. The highest BCUT2D eigenvalue weighted by Gasteiger charge is 2.36. The van der Waals surface area contributed by atoms with Gasteiger partial charge in [0.05, 0.1) is 6.54 Å². The molecule has 0 spiro atoms. The van der Waals surface area contributed by atoms with E-state index >= 15 is 0 Å². The predicted molar refractivity (Wildman–Crippen MR) is 71.3 cm³/mol. The number of fused-ring (bicyclic) bond motifs is 1. The molecule has 3 fully saturated rings. The van der Waals surface area contributed by atoms with Gasteiger partial charge in [-0.2, -0.15) is 0 Å². The lowest BCUT2D eigenvalue weighted by Gasteiger charge is -2.23. The summed E-state index contributed by atoms with van der Waals surface area (Å²) in [6, 6.07) is 0.718. The first-order valence-corrected chi connectivity index (χ1v) is 8.28. The second kappa shape index (κ2) is 5.28. The van der Waals surface area contributed by atoms with E-state index in [9.17, 15) is 4.79 Å². The van der Waals surface area contributed by atoms with Crippen LogP contribution in [0.3, 0.4) is 0 Å². The van der Waals surface area contributed by atoms with Crippen LogP contribution in [0.4, 0.5) is 4.79 Å². The molecule has 2 aliphatic heterocycles. The zero-order chi connectivity index (χ0) is 11.7. The highest BCUT2D eigenvalue weighted by Crippen LogP contribution is 2.41. The van der Waals surface area contributed by atoms with Gasteiger partial charge in [0.25, 0.3) is 0 Å². The van der Waals surface area contributed by atoms with Crippen molar-refractivity contribution in [2.45, 2.75) is 47.8 Å². The zero-order valence-corrected chi connectivity index (χ0v) is 11.3. The third-order valence-corrected chi connectivity index (χ3v) is 6.57. The number of carbonyl (C=O) groups excluding carboxylic acids is 1. The predicted octanol–water partition coefficient (Wildman–Crippen LogP) is 1.76. The van der Waals surface area contributed by atoms with Crippen molar-refractivity contribution in [3.05, 3.63) is 0 Å². The minimum atomic E-state index is -0.267. The second-order valence-corrected chi connectivity index (χ2v) is 7.59. The lowest BCUT2D eigenvalue weighted by molar-refractivity contribution is 0.150. The maximum atomic E-state index is 10.9. The summed E-state index contributed by atoms with van der Waals surface area (Å²) >= 11 is 3.95. The van der Waals surface area contributed by atoms with E-state index in [0.29, 0.717) is 11.3 Å². The van der Waals surface area contributed by atoms with Gasteiger partial charge in [0, 0.05) is 17.0 Å². The van der Waals surface area contributed by atoms with Crippen LogP contribution in [0.5, 0.6) is 0 Å². The Morgan fingerprint density at radius 1 is 1.41 bits per heavy atom. The maximum absolute atomic E-state index is 10.9. The van der Waals surface area contributed by atoms with Crippen molar-refractivity contribution in [1.29, 1.82) is 0 Å². The molecular weight excluding hydrogens is 256 g/mol. The van der Waals surface area contributed by atoms with Gasteiger partial charge < -0.3 is 10.1 Å². The molecule has 2 heterocycles. The van der Waals surface area contributed by atoms with E-state index in [1.165, 1.54) is 25.7 Å². The van der Waals surface area contributed by atoms with Gasteiger partial charge in [0.2, 0.25) is 0 Å². The van der Waals surface area contributed by atoms with Crippen molar-refractivity contribution in [3.63, 3.8) is 0 Å². The first kappa shape index (κ1) is 12.0. The quantitative estimate of drug-likeness (QED) is 0.821. The summed E-state index contributed by atoms with van der Waals surface area (Å²) in [5.41, 5.74) is 0. The highest BCUT2D eigenvalue weighted by atomic mass is 32.2. The van der Waals surface area contributed by atoms with Crippen molar-refractivity contribution in [3.8, 4) is 0 Å². The van der Waals surface area contributed by atoms with Gasteiger partial charge in [-0.1, -0.05) is 12.8 Å². The summed E-state index contributed by atoms with van der Waals surface area (Å²) in [6.07, 6.45) is 5.23. The summed E-state index contributed by atoms with van der Waals surface area (Å²) in [5, 5.41) is 7.20. The SMILES string of the molecule is O=C1NCC(CSC2NC3CCCCC3S2)O1. The van der Waals surface area contributed by atoms with Crippen LogP contribution in [-0.2, 0) is 4.74 Å². The van der Waals surface area contributed by atoms with Crippen LogP contribution in [-0.4, -0.2) is 40.5 Å². The van der Waals surface area contributed by atoms with Gasteiger partial charge in [-0.3, -0.25) is 5.32 Å². The molecular formula is C11H18N2O2S2. The fourth-order valence-corrected chi connectivity index (χ4v) is 5.73. The molecule has 0 aromatic rings. The fraction of sp³-hybridized carbons (Fsp3) is 0.909. The van der Waals surface area contributed by atoms with Crippen molar-refractivity contribution < 1.29 is 9.53 Å². The molecule has 0 aromatic carbocycles. The summed E-state index contributed by atoms with van der Waals surface area (Å²) in [4.78, 5) is 10.9. The molecule has 4 unspecified atom stereocenters. The third-order valence-electron chi connectivity index (χ3n) is 3.53. The number of nitrogens with one attached hydrogen (secondary N) is 2. The molecule has 3 aliphatic rings. The van der Waals surface area contributed by atoms with Crippen LogP contribution < -0.4 is 10.6 Å². The Bertz CT molecular complexity index is 289. The molecule has 0 aromatic heterocycles. The van der Waals surface area contributed by atoms with Crippen molar-refractivity contribution in [1.82, 2.24) is 10.6 Å². The van der Waals surface area contributed by atoms with Crippen LogP contribution in [0, 0.1) is 0 Å². The Balaban J connectivity index is 1.42. The maximum Gasteiger partial charge on any atom is 0.407 e. The second-order valence-electron chi connectivity index (χ2n) is 4.81. The van der Waals surface area contributed by atoms with Gasteiger partial charge in [-0.15, -0.1) is 23.5 Å². The van der Waals surface area contributed by atoms with E-state index in [2.05, 4.69) is 22.4 Å². The molecule has 96 valence electrons. The Kier molecular flexibility index (Phi) is 3.72. The largest absolute Gasteiger partial charge is 0.443 e. The van der Waals surface area contributed by atoms with Gasteiger partial charge in [-0.25, -0.2) is 4.79 Å². The van der Waals surface area contributed by atoms with Crippen molar-refractivity contribution >= 4 is 29.6 Å². The van der Waals surface area contributed by atoms with E-state index in [-0.39, 0.29) is 12.2 Å². The molecule has 4 atom stereocenters. The first-order chi connectivity index (χ1) is 8.31. The van der Waals surface area contributed by atoms with E-state index in [4.69, 9.17) is 4.74 Å². The monoisotopic (exact) mass is 274 g/mol. The number of carbonyl (C=O) groups is 1. The number of hydrogen-bond acceptors (Lipinski definition) is 5. The van der Waals surface area contributed by atoms with Gasteiger partial charge in [0.1, 0.15) is 10.8 Å². The number of rotatable bonds is 3. The smallest absolute Gasteiger partial charge is 0.407 e. The van der Waals surface area contributed by atoms with Gasteiger partial charge >= 0.3 is 6.09 Å². The normalized spacial score (nSPS) is 40.8. The number of cyclic esters (lactones) is 1. The molecule has 17 heavy (non-hydrogen) atoms. The molecule has 2 N–H and O–H groups in total. The van der Waals surface area contributed by atoms with E-state index < -0.39 is 0 Å². The number of amides is 1. The number of ether oxygens (including phenoxy) is 1. The van der Waals surface area contributed by atoms with Gasteiger partial charge in [0.15, 0.2) is 0 Å². The minimum absolute atomic E-state index is 0.0533. The number of hydrogen-bond donors (Lipinski definition) is 2. The summed E-state index contributed by atoms with van der Waals surface area (Å²) in [5.74, 6) is 0.892. The van der Waals surface area contributed by atoms with Crippen molar-refractivity contribution in [2.24, 2.45) is 0 Å². The first-order valence-electron chi connectivity index (χ1n) is 6.29. The molecule has 2 saturated heterocycles. The Labute approximate surface area is 110 Å². The van der Waals surface area contributed by atoms with Crippen molar-refractivity contribution in [2.75, 3.05) is 12.3 Å². The van der Waals surface area contributed by atoms with Crippen LogP contribution in [0.15, 0.2) is 0 Å². The summed E-state index contributed by atoms with van der Waals surface area (Å²) in [7, 11) is 0. The molecule has 1 saturated carbocycles. The highest BCUT2D eigenvalue weighted by molar-refractivity contribution is 8.17. The average Bonchev–Trinajstić information content (AvgIpc) is 2.91. The molecule has 1 amide bonds. The lowest BCUT2D eigenvalue weighted by atomic mass is 9.95. The topological polar surface area (TPSA) is 50.4 Å². The third kappa shape index (κ3) is 2.85. The summed E-state index contributed by atoms with van der Waals surface area (Å²) < 4.78 is 5.62. The Hall–Kier alpha value is -0.0700. The Morgan fingerprint density at radius 3 is 3.06 bits per heavy atom. The molecule has 0 radical (unpaired) electrons. The van der Waals surface area contributed by atoms with Gasteiger partial charge in [-0.05, 0) is 12.8 Å². The van der Waals surface area contributed by atoms with Crippen LogP contribution in [0.1, 0.15) is 25.7 Å². The molecule has 3 rings (SSSR count). The molecule has 1 aliphatic carbocycles.